The summed E-state index contributed by atoms with van der Waals surface area (Å²) in [6, 6.07) is 20.7. The number of aliphatic carboxylic acids is 1. The number of ether oxygens (including phenoxy) is 1. The Morgan fingerprint density at radius 1 is 0.912 bits per heavy atom. The van der Waals surface area contributed by atoms with Gasteiger partial charge in [0.15, 0.2) is 5.82 Å². The van der Waals surface area contributed by atoms with E-state index in [-0.39, 0.29) is 44.5 Å². The van der Waals surface area contributed by atoms with Gasteiger partial charge in [0, 0.05) is 29.0 Å². The van der Waals surface area contributed by atoms with Gasteiger partial charge >= 0.3 is 5.97 Å². The lowest BCUT2D eigenvalue weighted by Crippen LogP contribution is -2.58. The minimum atomic E-state index is -0.999. The van der Waals surface area contributed by atoms with Gasteiger partial charge in [-0.3, -0.25) is 28.7 Å². The van der Waals surface area contributed by atoms with Crippen molar-refractivity contribution in [3.63, 3.8) is 0 Å². The van der Waals surface area contributed by atoms with Gasteiger partial charge in [-0.1, -0.05) is 87.5 Å². The van der Waals surface area contributed by atoms with Crippen molar-refractivity contribution in [3.05, 3.63) is 128 Å². The Bertz CT molecular complexity index is 2900. The molecule has 3 aromatic heterocycles. The second-order valence-corrected chi connectivity index (χ2v) is 20.7. The number of aromatic nitrogens is 4. The first-order valence-corrected chi connectivity index (χ1v) is 24.3. The molecule has 0 spiro atoms. The van der Waals surface area contributed by atoms with Gasteiger partial charge in [0.05, 0.1) is 47.0 Å². The molecule has 15 nitrogen and oxygen atoms in total. The zero-order valence-electron chi connectivity index (χ0n) is 39.4. The van der Waals surface area contributed by atoms with Crippen molar-refractivity contribution in [3.8, 4) is 26.6 Å². The first kappa shape index (κ1) is 48.1. The number of aliphatic hydroxyl groups excluding tert-OH is 1. The van der Waals surface area contributed by atoms with Gasteiger partial charge < -0.3 is 30.5 Å². The van der Waals surface area contributed by atoms with E-state index in [1.54, 1.807) is 22.7 Å². The molecule has 1 saturated heterocycles. The van der Waals surface area contributed by atoms with Crippen LogP contribution < -0.4 is 10.6 Å². The number of carboxylic acids is 1. The number of benzene rings is 3. The summed E-state index contributed by atoms with van der Waals surface area (Å²) in [7, 11) is 0. The van der Waals surface area contributed by atoms with Crippen LogP contribution in [0.3, 0.4) is 0 Å². The van der Waals surface area contributed by atoms with E-state index in [4.69, 9.17) is 9.73 Å². The maximum absolute atomic E-state index is 14.2. The second kappa shape index (κ2) is 19.7. The molecule has 4 N–H and O–H groups in total. The van der Waals surface area contributed by atoms with Crippen LogP contribution in [0.4, 0.5) is 0 Å². The minimum Gasteiger partial charge on any atom is -0.481 e. The first-order valence-electron chi connectivity index (χ1n) is 22.6. The number of thiazole rings is 1. The predicted octanol–water partition coefficient (Wildman–Crippen LogP) is 7.61. The molecule has 354 valence electrons. The third-order valence-corrected chi connectivity index (χ3v) is 14.8. The van der Waals surface area contributed by atoms with Crippen LogP contribution in [0.2, 0.25) is 0 Å². The van der Waals surface area contributed by atoms with Crippen molar-refractivity contribution in [1.29, 1.82) is 0 Å². The number of likely N-dealkylation sites (tertiary alicyclic amines) is 1. The maximum Gasteiger partial charge on any atom is 0.306 e. The molecular weight excluding hydrogens is 901 g/mol. The number of nitrogens with zero attached hydrogens (tertiary/aromatic N) is 6. The number of carbonyl (C=O) groups excluding carboxylic acids is 3. The third-order valence-electron chi connectivity index (χ3n) is 12.6. The number of nitrogens with one attached hydrogen (secondary N) is 2. The highest BCUT2D eigenvalue weighted by Crippen LogP contribution is 2.40. The van der Waals surface area contributed by atoms with Gasteiger partial charge in [-0.2, -0.15) is 0 Å². The smallest absolute Gasteiger partial charge is 0.306 e. The van der Waals surface area contributed by atoms with Crippen LogP contribution in [0, 0.1) is 33.1 Å². The van der Waals surface area contributed by atoms with Crippen LogP contribution in [-0.4, -0.2) is 95.6 Å². The average Bonchev–Trinajstić information content (AvgIpc) is 4.07. The average molecular weight is 957 g/mol. The highest BCUT2D eigenvalue weighted by Gasteiger charge is 2.45. The molecule has 1 fully saturated rings. The summed E-state index contributed by atoms with van der Waals surface area (Å²) in [6.45, 7) is 15.1. The van der Waals surface area contributed by atoms with Crippen molar-refractivity contribution in [2.45, 2.75) is 105 Å². The second-order valence-electron chi connectivity index (χ2n) is 18.6. The first-order chi connectivity index (χ1) is 32.4. The van der Waals surface area contributed by atoms with Crippen molar-refractivity contribution in [1.82, 2.24) is 35.3 Å². The number of aryl methyl sites for hydroxylation is 3. The third kappa shape index (κ3) is 10.1. The molecule has 17 heteroatoms. The van der Waals surface area contributed by atoms with Gasteiger partial charge in [-0.15, -0.1) is 32.9 Å². The number of fused-ring (bicyclic) bond motifs is 3. The summed E-state index contributed by atoms with van der Waals surface area (Å²) in [6.07, 6.45) is -1.04. The van der Waals surface area contributed by atoms with E-state index in [9.17, 15) is 29.4 Å². The van der Waals surface area contributed by atoms with Crippen molar-refractivity contribution in [2.75, 3.05) is 13.2 Å². The van der Waals surface area contributed by atoms with Gasteiger partial charge in [0.25, 0.3) is 0 Å². The highest BCUT2D eigenvalue weighted by atomic mass is 32.1. The standard InChI is InChI=1S/C51H56N8O7S2/c1-27-30(4)68-50-43(27)44(54-39(22-42(62)63)47-57-56-31(5)59(47)50)35-16-14-34(15-17-35)37-11-9-10-32(20-37)24-66-25-41(61)55-46(51(6,7)8)49(65)58-23-38(60)21-40(58)48(64)53-28(2)33-12-18-36(19-13-33)45-29(3)52-26-67-45/h9-20,26,28,38-40,46,60H,21-25H2,1-8H3,(H,53,64)(H,55,61)(H,62,63)/t28-,38+,39-,40-,46+/m0/s1. The minimum absolute atomic E-state index is 0.0343. The molecule has 0 unspecified atom stereocenters. The van der Waals surface area contributed by atoms with Gasteiger partial charge in [-0.25, -0.2) is 4.98 Å². The molecule has 0 bridgehead atoms. The SMILES string of the molecule is Cc1ncsc1-c1ccc([C@H](C)NC(=O)[C@@H]2C[C@@H](O)CN2C(=O)[C@@H](NC(=O)COCc2cccc(-c3ccc(C4=N[C@@H](CC(=O)O)c5nnc(C)n5-c5sc(C)c(C)c54)cc3)c2)C(C)(C)C)cc1. The maximum atomic E-state index is 14.2. The van der Waals surface area contributed by atoms with E-state index in [1.165, 1.54) is 4.90 Å². The van der Waals surface area contributed by atoms with Crippen LogP contribution in [0.1, 0.15) is 103 Å². The van der Waals surface area contributed by atoms with E-state index >= 15 is 0 Å². The quantitative estimate of drug-likeness (QED) is 0.0843. The zero-order valence-corrected chi connectivity index (χ0v) is 41.0. The normalized spacial score (nSPS) is 17.7. The van der Waals surface area contributed by atoms with E-state index < -0.39 is 47.4 Å². The Balaban J connectivity index is 0.898. The number of amides is 3. The van der Waals surface area contributed by atoms with E-state index in [1.807, 2.05) is 124 Å². The van der Waals surface area contributed by atoms with Gasteiger partial charge in [-0.05, 0) is 79.5 Å². The number of aliphatic hydroxyl groups is 1. The molecule has 8 rings (SSSR count). The van der Waals surface area contributed by atoms with Crippen LogP contribution >= 0.6 is 22.7 Å². The van der Waals surface area contributed by atoms with Crippen LogP contribution in [0.5, 0.6) is 0 Å². The lowest BCUT2D eigenvalue weighted by molar-refractivity contribution is -0.144. The molecule has 6 aromatic rings. The predicted molar refractivity (Wildman–Crippen MR) is 262 cm³/mol. The fourth-order valence-electron chi connectivity index (χ4n) is 8.83. The lowest BCUT2D eigenvalue weighted by atomic mass is 9.85. The van der Waals surface area contributed by atoms with Gasteiger partial charge in [0.2, 0.25) is 17.7 Å². The Morgan fingerprint density at radius 3 is 2.29 bits per heavy atom. The summed E-state index contributed by atoms with van der Waals surface area (Å²) < 4.78 is 7.83. The lowest BCUT2D eigenvalue weighted by Gasteiger charge is -2.35. The molecule has 5 atom stereocenters. The molecule has 5 heterocycles. The molecule has 0 saturated carbocycles. The van der Waals surface area contributed by atoms with Crippen molar-refractivity contribution >= 4 is 52.1 Å². The highest BCUT2D eigenvalue weighted by molar-refractivity contribution is 7.15. The topological polar surface area (TPSA) is 201 Å². The van der Waals surface area contributed by atoms with E-state index in [0.717, 1.165) is 65.0 Å². The molecule has 2 aliphatic rings. The zero-order chi connectivity index (χ0) is 48.6. The summed E-state index contributed by atoms with van der Waals surface area (Å²) in [4.78, 5) is 66.4. The number of aliphatic imine (C=N–C) groups is 1. The fourth-order valence-corrected chi connectivity index (χ4v) is 10.9. The van der Waals surface area contributed by atoms with Crippen LogP contribution in [0.25, 0.3) is 26.6 Å². The Labute approximate surface area is 403 Å². The van der Waals surface area contributed by atoms with Crippen molar-refractivity contribution < 1.29 is 34.1 Å². The summed E-state index contributed by atoms with van der Waals surface area (Å²) in [5.41, 5.74) is 10.2. The Morgan fingerprint density at radius 2 is 1.62 bits per heavy atom. The summed E-state index contributed by atoms with van der Waals surface area (Å²) >= 11 is 3.18. The number of carbonyl (C=O) groups is 4. The van der Waals surface area contributed by atoms with E-state index in [0.29, 0.717) is 17.4 Å². The number of hydrogen-bond donors (Lipinski definition) is 4. The molecule has 3 aromatic carbocycles. The van der Waals surface area contributed by atoms with E-state index in [2.05, 4.69) is 39.7 Å². The number of β-amino-alcohol motifs (C(OH)–C–C–N with tert-alkyl or cyclic N) is 1. The summed E-state index contributed by atoms with van der Waals surface area (Å²) in [5, 5.41) is 36.0. The number of hydrogen-bond acceptors (Lipinski definition) is 12. The van der Waals surface area contributed by atoms with Crippen molar-refractivity contribution in [2.24, 2.45) is 10.4 Å². The number of rotatable bonds is 14. The fraction of sp³-hybridized carbons (Fsp3) is 0.373. The Hall–Kier alpha value is -6.40. The Kier molecular flexibility index (Phi) is 13.9. The number of thiophene rings is 1. The molecular formula is C51H56N8O7S2. The number of carboxylic acid groups (broad SMARTS) is 1. The molecule has 3 amide bonds. The van der Waals surface area contributed by atoms with Crippen LogP contribution in [0.15, 0.2) is 83.3 Å². The molecule has 0 radical (unpaired) electrons. The molecule has 2 aliphatic heterocycles. The van der Waals surface area contributed by atoms with Gasteiger partial charge in [0.1, 0.15) is 35.6 Å². The molecule has 68 heavy (non-hydrogen) atoms. The monoisotopic (exact) mass is 956 g/mol. The summed E-state index contributed by atoms with van der Waals surface area (Å²) in [5.74, 6) is -1.13. The molecule has 0 aliphatic carbocycles. The largest absolute Gasteiger partial charge is 0.481 e. The van der Waals surface area contributed by atoms with Crippen LogP contribution in [-0.2, 0) is 30.5 Å².